The monoisotopic (exact) mass is 229 g/mol. The molecule has 0 amide bonds. The molecule has 2 N–H and O–H groups in total. The van der Waals surface area contributed by atoms with Crippen LogP contribution in [-0.4, -0.2) is 12.8 Å². The molecule has 6 heteroatoms. The molecule has 0 saturated heterocycles. The summed E-state index contributed by atoms with van der Waals surface area (Å²) in [5.74, 6) is 0.391. The number of azo groups is 2. The predicted molar refractivity (Wildman–Crippen MR) is 59.8 cm³/mol. The summed E-state index contributed by atoms with van der Waals surface area (Å²) in [7, 11) is 0. The maximum absolute atomic E-state index is 5.71. The molecule has 0 aromatic heterocycles. The Morgan fingerprint density at radius 1 is 1.12 bits per heavy atom. The summed E-state index contributed by atoms with van der Waals surface area (Å²) < 4.78 is 5.71. The van der Waals surface area contributed by atoms with Crippen molar-refractivity contribution in [3.63, 3.8) is 0 Å². The molecule has 2 heterocycles. The second kappa shape index (κ2) is 4.06. The van der Waals surface area contributed by atoms with Crippen LogP contribution in [0.15, 0.2) is 62.2 Å². The fourth-order valence-corrected chi connectivity index (χ4v) is 1.75. The first-order valence-corrected chi connectivity index (χ1v) is 5.31. The van der Waals surface area contributed by atoms with E-state index >= 15 is 0 Å². The molecule has 17 heavy (non-hydrogen) atoms. The summed E-state index contributed by atoms with van der Waals surface area (Å²) in [5, 5.41) is 15.8. The first kappa shape index (κ1) is 10.1. The van der Waals surface area contributed by atoms with E-state index in [9.17, 15) is 0 Å². The molecule has 0 spiro atoms. The van der Waals surface area contributed by atoms with Crippen molar-refractivity contribution in [1.29, 1.82) is 0 Å². The van der Waals surface area contributed by atoms with E-state index in [1.54, 1.807) is 0 Å². The third-order valence-corrected chi connectivity index (χ3v) is 2.67. The Kier molecular flexibility index (Phi) is 2.41. The standard InChI is InChI=1S/C11H11N5O/c12-9-8(6-13-14-9)11-16-15-10(17-11)7-4-2-1-3-5-7/h1-5,10-11H,6,12H2/t10-,11+/m0/s1. The first-order chi connectivity index (χ1) is 8.34. The summed E-state index contributed by atoms with van der Waals surface area (Å²) in [6, 6.07) is 9.73. The van der Waals surface area contributed by atoms with Crippen molar-refractivity contribution in [2.75, 3.05) is 6.54 Å². The van der Waals surface area contributed by atoms with Crippen molar-refractivity contribution in [3.05, 3.63) is 47.3 Å². The van der Waals surface area contributed by atoms with Gasteiger partial charge in [-0.1, -0.05) is 30.3 Å². The predicted octanol–water partition coefficient (Wildman–Crippen LogP) is 2.13. The van der Waals surface area contributed by atoms with Gasteiger partial charge in [-0.25, -0.2) is 0 Å². The highest BCUT2D eigenvalue weighted by Gasteiger charge is 2.29. The summed E-state index contributed by atoms with van der Waals surface area (Å²) in [5.41, 5.74) is 7.44. The largest absolute Gasteiger partial charge is 0.382 e. The number of nitrogens with zero attached hydrogens (tertiary/aromatic N) is 4. The van der Waals surface area contributed by atoms with Gasteiger partial charge in [0.2, 0.25) is 0 Å². The van der Waals surface area contributed by atoms with E-state index in [1.165, 1.54) is 0 Å². The van der Waals surface area contributed by atoms with Gasteiger partial charge in [-0.3, -0.25) is 0 Å². The van der Waals surface area contributed by atoms with Crippen LogP contribution >= 0.6 is 0 Å². The average molecular weight is 229 g/mol. The molecular formula is C11H11N5O. The SMILES string of the molecule is NC1=C([C@@H]2N=N[C@H](c3ccccc3)O2)CN=N1. The van der Waals surface area contributed by atoms with Gasteiger partial charge in [0.1, 0.15) is 0 Å². The highest BCUT2D eigenvalue weighted by Crippen LogP contribution is 2.31. The van der Waals surface area contributed by atoms with Crippen LogP contribution in [0.25, 0.3) is 0 Å². The molecule has 0 radical (unpaired) electrons. The number of benzene rings is 1. The second-order valence-electron chi connectivity index (χ2n) is 3.79. The third-order valence-electron chi connectivity index (χ3n) is 2.67. The van der Waals surface area contributed by atoms with Crippen LogP contribution in [0.4, 0.5) is 0 Å². The fraction of sp³-hybridized carbons (Fsp3) is 0.273. The van der Waals surface area contributed by atoms with E-state index in [-0.39, 0.29) is 6.23 Å². The van der Waals surface area contributed by atoms with E-state index in [0.29, 0.717) is 12.4 Å². The zero-order valence-electron chi connectivity index (χ0n) is 9.02. The molecule has 6 nitrogen and oxygen atoms in total. The Hall–Kier alpha value is -2.08. The molecule has 0 saturated carbocycles. The van der Waals surface area contributed by atoms with Crippen molar-refractivity contribution >= 4 is 0 Å². The van der Waals surface area contributed by atoms with Crippen LogP contribution in [0, 0.1) is 0 Å². The number of nitrogens with two attached hydrogens (primary N) is 1. The molecule has 3 rings (SSSR count). The summed E-state index contributed by atoms with van der Waals surface area (Å²) in [6.07, 6.45) is -0.808. The maximum Gasteiger partial charge on any atom is 0.199 e. The van der Waals surface area contributed by atoms with Crippen LogP contribution in [0.2, 0.25) is 0 Å². The highest BCUT2D eigenvalue weighted by atomic mass is 16.5. The topological polar surface area (TPSA) is 84.7 Å². The van der Waals surface area contributed by atoms with Gasteiger partial charge in [-0.05, 0) is 0 Å². The molecule has 1 aromatic rings. The molecule has 0 bridgehead atoms. The van der Waals surface area contributed by atoms with Crippen molar-refractivity contribution in [2.45, 2.75) is 12.5 Å². The normalized spacial score (nSPS) is 27.1. The van der Waals surface area contributed by atoms with Crippen molar-refractivity contribution in [2.24, 2.45) is 26.2 Å². The van der Waals surface area contributed by atoms with E-state index in [2.05, 4.69) is 20.5 Å². The molecule has 2 aliphatic rings. The van der Waals surface area contributed by atoms with E-state index in [0.717, 1.165) is 11.1 Å². The molecule has 2 aliphatic heterocycles. The van der Waals surface area contributed by atoms with Crippen molar-refractivity contribution in [1.82, 2.24) is 0 Å². The molecule has 0 aliphatic carbocycles. The van der Waals surface area contributed by atoms with Crippen LogP contribution in [-0.2, 0) is 4.74 Å². The van der Waals surface area contributed by atoms with Crippen LogP contribution in [0.3, 0.4) is 0 Å². The smallest absolute Gasteiger partial charge is 0.199 e. The Morgan fingerprint density at radius 3 is 2.59 bits per heavy atom. The Labute approximate surface area is 97.9 Å². The minimum Gasteiger partial charge on any atom is -0.382 e. The fourth-order valence-electron chi connectivity index (χ4n) is 1.75. The quantitative estimate of drug-likeness (QED) is 0.842. The van der Waals surface area contributed by atoms with Gasteiger partial charge in [0.05, 0.1) is 6.54 Å². The first-order valence-electron chi connectivity index (χ1n) is 5.31. The number of hydrogen-bond donors (Lipinski definition) is 1. The second-order valence-corrected chi connectivity index (χ2v) is 3.79. The molecule has 0 fully saturated rings. The van der Waals surface area contributed by atoms with Crippen molar-refractivity contribution in [3.8, 4) is 0 Å². The molecular weight excluding hydrogens is 218 g/mol. The summed E-state index contributed by atoms with van der Waals surface area (Å²) in [4.78, 5) is 0. The lowest BCUT2D eigenvalue weighted by atomic mass is 10.2. The number of hydrogen-bond acceptors (Lipinski definition) is 6. The zero-order valence-corrected chi connectivity index (χ0v) is 9.02. The van der Waals surface area contributed by atoms with Gasteiger partial charge in [-0.15, -0.1) is 5.11 Å². The number of ether oxygens (including phenoxy) is 1. The van der Waals surface area contributed by atoms with Gasteiger partial charge in [-0.2, -0.15) is 15.3 Å². The lowest BCUT2D eigenvalue weighted by molar-refractivity contribution is 0.0531. The highest BCUT2D eigenvalue weighted by molar-refractivity contribution is 5.22. The average Bonchev–Trinajstić information content (AvgIpc) is 2.98. The van der Waals surface area contributed by atoms with E-state index < -0.39 is 6.23 Å². The Bertz CT molecular complexity index is 508. The summed E-state index contributed by atoms with van der Waals surface area (Å²) in [6.45, 7) is 0.441. The zero-order chi connectivity index (χ0) is 11.7. The molecule has 86 valence electrons. The third kappa shape index (κ3) is 1.83. The van der Waals surface area contributed by atoms with Crippen molar-refractivity contribution < 1.29 is 4.74 Å². The van der Waals surface area contributed by atoms with Crippen LogP contribution < -0.4 is 5.73 Å². The minimum absolute atomic E-state index is 0.359. The van der Waals surface area contributed by atoms with Gasteiger partial charge in [0.15, 0.2) is 18.3 Å². The lowest BCUT2D eigenvalue weighted by Gasteiger charge is -2.10. The molecule has 0 unspecified atom stereocenters. The summed E-state index contributed by atoms with van der Waals surface area (Å²) >= 11 is 0. The van der Waals surface area contributed by atoms with Crippen LogP contribution in [0.5, 0.6) is 0 Å². The Morgan fingerprint density at radius 2 is 1.88 bits per heavy atom. The number of rotatable bonds is 2. The van der Waals surface area contributed by atoms with Gasteiger partial charge >= 0.3 is 0 Å². The molecule has 2 atom stereocenters. The van der Waals surface area contributed by atoms with Gasteiger partial charge in [0.25, 0.3) is 0 Å². The van der Waals surface area contributed by atoms with Gasteiger partial charge in [0, 0.05) is 11.1 Å². The maximum atomic E-state index is 5.71. The van der Waals surface area contributed by atoms with E-state index in [4.69, 9.17) is 10.5 Å². The van der Waals surface area contributed by atoms with Gasteiger partial charge < -0.3 is 10.5 Å². The van der Waals surface area contributed by atoms with E-state index in [1.807, 2.05) is 30.3 Å². The Balaban J connectivity index is 1.76. The van der Waals surface area contributed by atoms with Crippen LogP contribution in [0.1, 0.15) is 11.8 Å². The minimum atomic E-state index is -0.449. The molecule has 1 aromatic carbocycles. The lowest BCUT2D eigenvalue weighted by Crippen LogP contribution is -2.14.